The number of aromatic nitrogens is 1. The predicted octanol–water partition coefficient (Wildman–Crippen LogP) is 3.23. The van der Waals surface area contributed by atoms with Crippen LogP contribution in [-0.2, 0) is 12.8 Å². The van der Waals surface area contributed by atoms with Gasteiger partial charge in [-0.25, -0.2) is 0 Å². The lowest BCUT2D eigenvalue weighted by molar-refractivity contribution is 0.921. The molecule has 1 aromatic heterocycles. The van der Waals surface area contributed by atoms with Crippen molar-refractivity contribution in [3.63, 3.8) is 0 Å². The van der Waals surface area contributed by atoms with E-state index in [0.717, 1.165) is 24.2 Å². The van der Waals surface area contributed by atoms with Crippen molar-refractivity contribution < 1.29 is 0 Å². The predicted molar refractivity (Wildman–Crippen MR) is 99.3 cm³/mol. The van der Waals surface area contributed by atoms with E-state index in [1.165, 1.54) is 5.56 Å². The van der Waals surface area contributed by atoms with Gasteiger partial charge >= 0.3 is 0 Å². The number of halogens is 1. The Morgan fingerprint density at radius 3 is 2.81 bits per heavy atom. The van der Waals surface area contributed by atoms with Gasteiger partial charge in [-0.15, -0.1) is 24.0 Å². The molecule has 112 valence electrons. The molecular formula is C16H21IN4. The van der Waals surface area contributed by atoms with Crippen LogP contribution < -0.4 is 11.1 Å². The zero-order chi connectivity index (χ0) is 14.2. The molecule has 1 heterocycles. The first-order valence-corrected chi connectivity index (χ1v) is 6.83. The maximum Gasteiger partial charge on any atom is 0.193 e. The minimum atomic E-state index is 0. The summed E-state index contributed by atoms with van der Waals surface area (Å²) in [6.07, 6.45) is 3.58. The summed E-state index contributed by atoms with van der Waals surface area (Å²) in [7, 11) is 0. The Morgan fingerprint density at radius 2 is 2.10 bits per heavy atom. The quantitative estimate of drug-likeness (QED) is 0.464. The number of aryl methyl sites for hydroxylation is 1. The molecule has 0 atom stereocenters. The fourth-order valence-electron chi connectivity index (χ4n) is 1.89. The number of hydrogen-bond acceptors (Lipinski definition) is 2. The fourth-order valence-corrected chi connectivity index (χ4v) is 1.89. The van der Waals surface area contributed by atoms with Gasteiger partial charge in [-0.05, 0) is 36.2 Å². The first-order valence-electron chi connectivity index (χ1n) is 6.83. The third-order valence-corrected chi connectivity index (χ3v) is 2.98. The maximum atomic E-state index is 5.88. The molecule has 2 aromatic rings. The number of nitrogens with one attached hydrogen (secondary N) is 1. The van der Waals surface area contributed by atoms with Crippen LogP contribution >= 0.6 is 24.0 Å². The van der Waals surface area contributed by atoms with Gasteiger partial charge in [0.1, 0.15) is 0 Å². The van der Waals surface area contributed by atoms with E-state index < -0.39 is 0 Å². The lowest BCUT2D eigenvalue weighted by Crippen LogP contribution is -2.23. The van der Waals surface area contributed by atoms with Crippen LogP contribution in [-0.4, -0.2) is 17.5 Å². The third-order valence-electron chi connectivity index (χ3n) is 2.98. The molecule has 0 aliphatic carbocycles. The second-order valence-electron chi connectivity index (χ2n) is 4.52. The molecule has 2 rings (SSSR count). The summed E-state index contributed by atoms with van der Waals surface area (Å²) in [6, 6.07) is 14.1. The highest BCUT2D eigenvalue weighted by atomic mass is 127. The van der Waals surface area contributed by atoms with E-state index in [1.54, 1.807) is 6.20 Å². The summed E-state index contributed by atoms with van der Waals surface area (Å²) in [5.74, 6) is 0.439. The largest absolute Gasteiger partial charge is 0.370 e. The van der Waals surface area contributed by atoms with Crippen LogP contribution in [0.5, 0.6) is 0 Å². The molecule has 0 radical (unpaired) electrons. The molecule has 0 saturated heterocycles. The molecule has 0 amide bonds. The number of benzene rings is 1. The van der Waals surface area contributed by atoms with Crippen LogP contribution in [0.15, 0.2) is 53.7 Å². The van der Waals surface area contributed by atoms with Crippen molar-refractivity contribution in [3.05, 3.63) is 59.9 Å². The van der Waals surface area contributed by atoms with Crippen LogP contribution in [0.2, 0.25) is 0 Å². The van der Waals surface area contributed by atoms with Gasteiger partial charge < -0.3 is 11.1 Å². The average molecular weight is 396 g/mol. The molecule has 0 fully saturated rings. The molecule has 0 unspecified atom stereocenters. The number of pyridine rings is 1. The number of guanidine groups is 1. The maximum absolute atomic E-state index is 5.88. The monoisotopic (exact) mass is 396 g/mol. The number of rotatable bonds is 5. The molecule has 0 aliphatic heterocycles. The lowest BCUT2D eigenvalue weighted by atomic mass is 10.1. The number of aliphatic imine (C=N–C) groups is 1. The fraction of sp³-hybridized carbons (Fsp3) is 0.250. The van der Waals surface area contributed by atoms with E-state index in [2.05, 4.69) is 34.3 Å². The zero-order valence-electron chi connectivity index (χ0n) is 12.1. The van der Waals surface area contributed by atoms with Crippen molar-refractivity contribution in [1.29, 1.82) is 0 Å². The molecule has 3 N–H and O–H groups in total. The third kappa shape index (κ3) is 6.12. The van der Waals surface area contributed by atoms with E-state index in [9.17, 15) is 0 Å². The number of nitrogens with two attached hydrogens (primary N) is 1. The summed E-state index contributed by atoms with van der Waals surface area (Å²) in [5, 5.41) is 3.11. The summed E-state index contributed by atoms with van der Waals surface area (Å²) in [5.41, 5.74) is 9.15. The van der Waals surface area contributed by atoms with Crippen molar-refractivity contribution in [1.82, 2.24) is 4.98 Å². The van der Waals surface area contributed by atoms with Crippen molar-refractivity contribution in [3.8, 4) is 0 Å². The molecule has 0 saturated carbocycles. The van der Waals surface area contributed by atoms with E-state index in [1.807, 2.05) is 30.3 Å². The van der Waals surface area contributed by atoms with Gasteiger partial charge in [-0.2, -0.15) is 0 Å². The van der Waals surface area contributed by atoms with Gasteiger partial charge in [0.2, 0.25) is 0 Å². The van der Waals surface area contributed by atoms with Crippen molar-refractivity contribution in [2.24, 2.45) is 10.7 Å². The molecule has 4 nitrogen and oxygen atoms in total. The second kappa shape index (κ2) is 9.33. The van der Waals surface area contributed by atoms with E-state index in [4.69, 9.17) is 5.73 Å². The molecule has 21 heavy (non-hydrogen) atoms. The Morgan fingerprint density at radius 1 is 1.24 bits per heavy atom. The minimum absolute atomic E-state index is 0. The molecule has 1 aromatic carbocycles. The van der Waals surface area contributed by atoms with E-state index in [0.29, 0.717) is 12.5 Å². The van der Waals surface area contributed by atoms with E-state index >= 15 is 0 Å². The topological polar surface area (TPSA) is 63.3 Å². The van der Waals surface area contributed by atoms with Gasteiger partial charge in [-0.3, -0.25) is 9.98 Å². The first kappa shape index (κ1) is 17.4. The average Bonchev–Trinajstić information content (AvgIpc) is 2.48. The summed E-state index contributed by atoms with van der Waals surface area (Å²) in [6.45, 7) is 2.76. The highest BCUT2D eigenvalue weighted by molar-refractivity contribution is 14.0. The Balaban J connectivity index is 0.00000220. The van der Waals surface area contributed by atoms with Gasteiger partial charge in [0.15, 0.2) is 5.96 Å². The summed E-state index contributed by atoms with van der Waals surface area (Å²) in [4.78, 5) is 8.57. The summed E-state index contributed by atoms with van der Waals surface area (Å²) >= 11 is 0. The minimum Gasteiger partial charge on any atom is -0.370 e. The van der Waals surface area contributed by atoms with Crippen molar-refractivity contribution in [2.45, 2.75) is 19.8 Å². The van der Waals surface area contributed by atoms with Crippen molar-refractivity contribution in [2.75, 3.05) is 11.9 Å². The Labute approximate surface area is 142 Å². The molecule has 0 spiro atoms. The first-order chi connectivity index (χ1) is 9.78. The summed E-state index contributed by atoms with van der Waals surface area (Å²) < 4.78 is 0. The van der Waals surface area contributed by atoms with Crippen molar-refractivity contribution >= 4 is 35.6 Å². The molecule has 0 aliphatic rings. The van der Waals surface area contributed by atoms with Crippen LogP contribution in [0.4, 0.5) is 5.69 Å². The number of anilines is 1. The highest BCUT2D eigenvalue weighted by Crippen LogP contribution is 2.10. The Bertz CT molecular complexity index is 569. The van der Waals surface area contributed by atoms with Crippen LogP contribution in [0, 0.1) is 0 Å². The Kier molecular flexibility index (Phi) is 7.74. The van der Waals surface area contributed by atoms with Crippen LogP contribution in [0.25, 0.3) is 0 Å². The standard InChI is InChI=1S/C16H20N4.HI/c1-2-13-6-5-8-15(12-13)20-16(17)19-11-9-14-7-3-4-10-18-14;/h3-8,10,12H,2,9,11H2,1H3,(H3,17,19,20);1H. The van der Waals surface area contributed by atoms with Crippen LogP contribution in [0.3, 0.4) is 0 Å². The molecular weight excluding hydrogens is 375 g/mol. The van der Waals surface area contributed by atoms with E-state index in [-0.39, 0.29) is 24.0 Å². The van der Waals surface area contributed by atoms with Gasteiger partial charge in [-0.1, -0.05) is 25.1 Å². The number of nitrogens with zero attached hydrogens (tertiary/aromatic N) is 2. The highest BCUT2D eigenvalue weighted by Gasteiger charge is 1.97. The second-order valence-corrected chi connectivity index (χ2v) is 4.52. The lowest BCUT2D eigenvalue weighted by Gasteiger charge is -2.07. The van der Waals surface area contributed by atoms with Gasteiger partial charge in [0, 0.05) is 30.5 Å². The zero-order valence-corrected chi connectivity index (χ0v) is 14.5. The number of hydrogen-bond donors (Lipinski definition) is 2. The molecule has 0 bridgehead atoms. The smallest absolute Gasteiger partial charge is 0.193 e. The molecule has 5 heteroatoms. The van der Waals surface area contributed by atoms with Crippen LogP contribution in [0.1, 0.15) is 18.2 Å². The van der Waals surface area contributed by atoms with Gasteiger partial charge in [0.05, 0.1) is 0 Å². The normalized spacial score (nSPS) is 10.8. The van der Waals surface area contributed by atoms with Gasteiger partial charge in [0.25, 0.3) is 0 Å². The SMILES string of the molecule is CCc1cccc(NC(N)=NCCc2ccccn2)c1.I. The Hall–Kier alpha value is -1.63.